The molecule has 0 aliphatic rings. The highest BCUT2D eigenvalue weighted by Gasteiger charge is 2.07. The van der Waals surface area contributed by atoms with Gasteiger partial charge in [0.15, 0.2) is 5.78 Å². The molecule has 2 aromatic rings. The molecular weight excluding hydrogens is 298 g/mol. The minimum absolute atomic E-state index is 0.0853. The number of benzene rings is 2. The fraction of sp³-hybridized carbons (Fsp3) is 0.278. The van der Waals surface area contributed by atoms with Gasteiger partial charge >= 0.3 is 0 Å². The minimum Gasteiger partial charge on any atom is -0.492 e. The molecule has 4 heteroatoms. The maximum absolute atomic E-state index is 12.2. The molecule has 2 rings (SSSR count). The number of carbonyl (C=O) groups is 1. The third-order valence-electron chi connectivity index (χ3n) is 3.26. The average Bonchev–Trinajstić information content (AvgIpc) is 2.50. The lowest BCUT2D eigenvalue weighted by atomic mass is 10.0. The van der Waals surface area contributed by atoms with Crippen molar-refractivity contribution < 1.29 is 9.53 Å². The molecule has 116 valence electrons. The van der Waals surface area contributed by atoms with Crippen LogP contribution >= 0.6 is 11.6 Å². The summed E-state index contributed by atoms with van der Waals surface area (Å²) >= 11 is 5.84. The van der Waals surface area contributed by atoms with Crippen molar-refractivity contribution in [3.05, 3.63) is 64.7 Å². The molecule has 0 saturated carbocycles. The van der Waals surface area contributed by atoms with Crippen LogP contribution in [0.3, 0.4) is 0 Å². The topological polar surface area (TPSA) is 29.5 Å². The lowest BCUT2D eigenvalue weighted by molar-refractivity contribution is 0.0993. The van der Waals surface area contributed by atoms with Crippen LogP contribution in [0.5, 0.6) is 5.75 Å². The van der Waals surface area contributed by atoms with Crippen LogP contribution in [-0.2, 0) is 6.42 Å². The van der Waals surface area contributed by atoms with Gasteiger partial charge in [-0.25, -0.2) is 0 Å². The van der Waals surface area contributed by atoms with Crippen molar-refractivity contribution in [3.8, 4) is 5.75 Å². The summed E-state index contributed by atoms with van der Waals surface area (Å²) in [7, 11) is 4.00. The Morgan fingerprint density at radius 2 is 1.68 bits per heavy atom. The predicted molar refractivity (Wildman–Crippen MR) is 90.0 cm³/mol. The van der Waals surface area contributed by atoms with Crippen LogP contribution in [0.25, 0.3) is 0 Å². The molecule has 0 aliphatic heterocycles. The summed E-state index contributed by atoms with van der Waals surface area (Å²) in [5.41, 5.74) is 1.65. The van der Waals surface area contributed by atoms with Crippen LogP contribution in [0.2, 0.25) is 5.02 Å². The molecule has 0 N–H and O–H groups in total. The lowest BCUT2D eigenvalue weighted by Crippen LogP contribution is -2.19. The SMILES string of the molecule is CN(C)CCOc1ccc(C(=O)Cc2ccc(Cl)cc2)cc1. The van der Waals surface area contributed by atoms with Gasteiger partial charge in [-0.05, 0) is 56.1 Å². The highest BCUT2D eigenvalue weighted by molar-refractivity contribution is 6.30. The number of ketones is 1. The number of nitrogens with zero attached hydrogens (tertiary/aromatic N) is 1. The van der Waals surface area contributed by atoms with Crippen LogP contribution in [0.1, 0.15) is 15.9 Å². The number of hydrogen-bond donors (Lipinski definition) is 0. The Bertz CT molecular complexity index is 606. The molecule has 22 heavy (non-hydrogen) atoms. The summed E-state index contributed by atoms with van der Waals surface area (Å²) in [4.78, 5) is 14.3. The van der Waals surface area contributed by atoms with Crippen molar-refractivity contribution in [2.45, 2.75) is 6.42 Å². The summed E-state index contributed by atoms with van der Waals surface area (Å²) < 4.78 is 5.62. The Morgan fingerprint density at radius 3 is 2.27 bits per heavy atom. The van der Waals surface area contributed by atoms with Gasteiger partial charge in [0.1, 0.15) is 12.4 Å². The molecule has 0 radical (unpaired) electrons. The van der Waals surface area contributed by atoms with Crippen molar-refractivity contribution in [1.82, 2.24) is 4.90 Å². The van der Waals surface area contributed by atoms with Gasteiger partial charge in [-0.1, -0.05) is 23.7 Å². The van der Waals surface area contributed by atoms with E-state index in [0.717, 1.165) is 17.9 Å². The molecule has 0 atom stereocenters. The van der Waals surface area contributed by atoms with Crippen molar-refractivity contribution in [1.29, 1.82) is 0 Å². The predicted octanol–water partition coefficient (Wildman–Crippen LogP) is 3.71. The molecule has 0 unspecified atom stereocenters. The molecule has 0 aromatic heterocycles. The van der Waals surface area contributed by atoms with Crippen molar-refractivity contribution in [2.24, 2.45) is 0 Å². The minimum atomic E-state index is 0.0853. The molecule has 0 bridgehead atoms. The number of ether oxygens (including phenoxy) is 1. The highest BCUT2D eigenvalue weighted by atomic mass is 35.5. The van der Waals surface area contributed by atoms with E-state index in [2.05, 4.69) is 4.90 Å². The average molecular weight is 318 g/mol. The number of halogens is 1. The van der Waals surface area contributed by atoms with E-state index < -0.39 is 0 Å². The van der Waals surface area contributed by atoms with Crippen LogP contribution in [0.4, 0.5) is 0 Å². The van der Waals surface area contributed by atoms with E-state index in [1.807, 2.05) is 50.5 Å². The first kappa shape index (κ1) is 16.5. The Hall–Kier alpha value is -1.84. The summed E-state index contributed by atoms with van der Waals surface area (Å²) in [6, 6.07) is 14.6. The van der Waals surface area contributed by atoms with Crippen LogP contribution in [0, 0.1) is 0 Å². The van der Waals surface area contributed by atoms with E-state index in [-0.39, 0.29) is 5.78 Å². The number of hydrogen-bond acceptors (Lipinski definition) is 3. The third kappa shape index (κ3) is 5.17. The van der Waals surface area contributed by atoms with Gasteiger partial charge in [-0.3, -0.25) is 4.79 Å². The first-order valence-corrected chi connectivity index (χ1v) is 7.57. The van der Waals surface area contributed by atoms with Crippen molar-refractivity contribution in [2.75, 3.05) is 27.2 Å². The third-order valence-corrected chi connectivity index (χ3v) is 3.51. The highest BCUT2D eigenvalue weighted by Crippen LogP contribution is 2.15. The van der Waals surface area contributed by atoms with Gasteiger partial charge in [0.2, 0.25) is 0 Å². The molecule has 0 heterocycles. The van der Waals surface area contributed by atoms with Gasteiger partial charge in [0.05, 0.1) is 0 Å². The summed E-state index contributed by atoms with van der Waals surface area (Å²) in [6.07, 6.45) is 0.373. The summed E-state index contributed by atoms with van der Waals surface area (Å²) in [5.74, 6) is 0.868. The first-order valence-electron chi connectivity index (χ1n) is 7.20. The number of likely N-dealkylation sites (N-methyl/N-ethyl adjacent to an activating group) is 1. The second kappa shape index (κ2) is 7.97. The largest absolute Gasteiger partial charge is 0.492 e. The van der Waals surface area contributed by atoms with E-state index >= 15 is 0 Å². The molecular formula is C18H20ClNO2. The number of Topliss-reactive ketones (excluding diaryl/α,β-unsaturated/α-hetero) is 1. The molecule has 3 nitrogen and oxygen atoms in total. The van der Waals surface area contributed by atoms with Gasteiger partial charge < -0.3 is 9.64 Å². The van der Waals surface area contributed by atoms with Crippen molar-refractivity contribution in [3.63, 3.8) is 0 Å². The molecule has 0 fully saturated rings. The Balaban J connectivity index is 1.91. The van der Waals surface area contributed by atoms with Gasteiger partial charge in [-0.2, -0.15) is 0 Å². The fourth-order valence-corrected chi connectivity index (χ4v) is 2.10. The Morgan fingerprint density at radius 1 is 1.05 bits per heavy atom. The summed E-state index contributed by atoms with van der Waals surface area (Å²) in [5, 5.41) is 0.676. The normalized spacial score (nSPS) is 10.7. The Labute approximate surface area is 136 Å². The molecule has 0 saturated heterocycles. The zero-order valence-corrected chi connectivity index (χ0v) is 13.6. The second-order valence-corrected chi connectivity index (χ2v) is 5.84. The van der Waals surface area contributed by atoms with Gasteiger partial charge in [0, 0.05) is 23.6 Å². The van der Waals surface area contributed by atoms with E-state index in [1.165, 1.54) is 0 Å². The zero-order valence-electron chi connectivity index (χ0n) is 12.9. The molecule has 0 amide bonds. The quantitative estimate of drug-likeness (QED) is 0.729. The number of carbonyl (C=O) groups excluding carboxylic acids is 1. The second-order valence-electron chi connectivity index (χ2n) is 5.40. The molecule has 0 aliphatic carbocycles. The summed E-state index contributed by atoms with van der Waals surface area (Å²) in [6.45, 7) is 1.49. The molecule has 2 aromatic carbocycles. The lowest BCUT2D eigenvalue weighted by Gasteiger charge is -2.11. The first-order chi connectivity index (χ1) is 10.5. The molecule has 0 spiro atoms. The smallest absolute Gasteiger partial charge is 0.167 e. The van der Waals surface area contributed by atoms with Crippen LogP contribution in [-0.4, -0.2) is 37.9 Å². The Kier molecular flexibility index (Phi) is 5.99. The van der Waals surface area contributed by atoms with Crippen molar-refractivity contribution >= 4 is 17.4 Å². The monoisotopic (exact) mass is 317 g/mol. The van der Waals surface area contributed by atoms with Gasteiger partial charge in [-0.15, -0.1) is 0 Å². The number of rotatable bonds is 7. The van der Waals surface area contributed by atoms with E-state index in [1.54, 1.807) is 12.1 Å². The van der Waals surface area contributed by atoms with E-state index in [0.29, 0.717) is 23.6 Å². The standard InChI is InChI=1S/C18H20ClNO2/c1-20(2)11-12-22-17-9-5-15(6-10-17)18(21)13-14-3-7-16(19)8-4-14/h3-10H,11-13H2,1-2H3. The fourth-order valence-electron chi connectivity index (χ4n) is 1.97. The van der Waals surface area contributed by atoms with E-state index in [9.17, 15) is 4.79 Å². The zero-order chi connectivity index (χ0) is 15.9. The maximum atomic E-state index is 12.2. The van der Waals surface area contributed by atoms with Gasteiger partial charge in [0.25, 0.3) is 0 Å². The van der Waals surface area contributed by atoms with Crippen LogP contribution < -0.4 is 4.74 Å². The van der Waals surface area contributed by atoms with E-state index in [4.69, 9.17) is 16.3 Å². The van der Waals surface area contributed by atoms with Crippen LogP contribution in [0.15, 0.2) is 48.5 Å². The maximum Gasteiger partial charge on any atom is 0.167 e.